The van der Waals surface area contributed by atoms with Crippen molar-refractivity contribution >= 4 is 34.1 Å². The van der Waals surface area contributed by atoms with Crippen molar-refractivity contribution < 1.29 is 18.7 Å². The van der Waals surface area contributed by atoms with Crippen LogP contribution in [0.4, 0.5) is 26.4 Å². The number of nitrogens with one attached hydrogen (secondary N) is 2. The maximum Gasteiger partial charge on any atom is 0.413 e. The van der Waals surface area contributed by atoms with Crippen molar-refractivity contribution in [3.05, 3.63) is 35.9 Å². The molecule has 1 fully saturated rings. The third-order valence-corrected chi connectivity index (χ3v) is 6.02. The van der Waals surface area contributed by atoms with Crippen LogP contribution in [-0.4, -0.2) is 35.3 Å². The molecule has 9 nitrogen and oxygen atoms in total. The zero-order valence-corrected chi connectivity index (χ0v) is 17.8. The molecule has 0 atom stereocenters. The molecular weight excluding hydrogens is 427 g/mol. The topological polar surface area (TPSA) is 135 Å². The first kappa shape index (κ1) is 20.8. The van der Waals surface area contributed by atoms with Crippen LogP contribution < -0.4 is 21.1 Å². The molecule has 2 aliphatic rings. The summed E-state index contributed by atoms with van der Waals surface area (Å²) in [5, 5.41) is 15.7. The predicted molar refractivity (Wildman–Crippen MR) is 120 cm³/mol. The largest absolute Gasteiger partial charge is 0.474 e. The lowest BCUT2D eigenvalue weighted by atomic mass is 9.84. The van der Waals surface area contributed by atoms with Gasteiger partial charge in [0.15, 0.2) is 5.82 Å². The highest BCUT2D eigenvalue weighted by Gasteiger charge is 2.32. The second-order valence-corrected chi connectivity index (χ2v) is 8.14. The second-order valence-electron chi connectivity index (χ2n) is 8.14. The Balaban J connectivity index is 1.46. The zero-order valence-electron chi connectivity index (χ0n) is 17.8. The molecule has 3 aromatic rings. The first-order chi connectivity index (χ1) is 15.9. The van der Waals surface area contributed by atoms with Crippen molar-refractivity contribution in [3.63, 3.8) is 0 Å². The van der Waals surface area contributed by atoms with Gasteiger partial charge in [0, 0.05) is 48.3 Å². The second kappa shape index (κ2) is 8.09. The number of pyridine rings is 2. The monoisotopic (exact) mass is 448 g/mol. The number of amides is 1. The van der Waals surface area contributed by atoms with Crippen molar-refractivity contribution in [2.75, 3.05) is 29.5 Å². The number of fused-ring (bicyclic) bond motifs is 2. The normalized spacial score (nSPS) is 18.8. The standard InChI is InChI=1S/C23H21FN6O3/c1-11-16(9-29-22-21(11)27-2-3-32-22)15-6-13-7-18(28-10-17(13)20(26)19(15)24)30-23(31)33-14-4-12(5-14)8-25/h6-7,9-10,12,14,27H,2-5,26H2,1H3,(H,28,30,31). The molecule has 0 unspecified atom stereocenters. The summed E-state index contributed by atoms with van der Waals surface area (Å²) < 4.78 is 26.1. The molecule has 0 saturated heterocycles. The zero-order chi connectivity index (χ0) is 23.1. The van der Waals surface area contributed by atoms with E-state index in [4.69, 9.17) is 20.5 Å². The number of nitriles is 1. The molecule has 0 spiro atoms. The summed E-state index contributed by atoms with van der Waals surface area (Å²) in [6.45, 7) is 3.02. The number of hydrogen-bond acceptors (Lipinski definition) is 8. The molecule has 3 heterocycles. The van der Waals surface area contributed by atoms with Crippen LogP contribution in [0.2, 0.25) is 0 Å². The summed E-state index contributed by atoms with van der Waals surface area (Å²) in [6.07, 6.45) is 3.11. The molecule has 4 N–H and O–H groups in total. The number of nitrogens with two attached hydrogens (primary N) is 1. The Morgan fingerprint density at radius 2 is 2.15 bits per heavy atom. The molecule has 1 saturated carbocycles. The average Bonchev–Trinajstić information content (AvgIpc) is 2.79. The van der Waals surface area contributed by atoms with E-state index < -0.39 is 11.9 Å². The van der Waals surface area contributed by atoms with Gasteiger partial charge in [-0.2, -0.15) is 5.26 Å². The van der Waals surface area contributed by atoms with Crippen LogP contribution in [0.5, 0.6) is 5.88 Å². The Bertz CT molecular complexity index is 1320. The minimum atomic E-state index is -0.653. The number of carbonyl (C=O) groups excluding carboxylic acids is 1. The van der Waals surface area contributed by atoms with E-state index in [0.29, 0.717) is 48.2 Å². The van der Waals surface area contributed by atoms with Crippen molar-refractivity contribution in [3.8, 4) is 23.1 Å². The van der Waals surface area contributed by atoms with E-state index in [1.807, 2.05) is 6.92 Å². The van der Waals surface area contributed by atoms with Gasteiger partial charge in [-0.1, -0.05) is 0 Å². The van der Waals surface area contributed by atoms with E-state index in [2.05, 4.69) is 26.7 Å². The Morgan fingerprint density at radius 1 is 1.33 bits per heavy atom. The number of ether oxygens (including phenoxy) is 2. The SMILES string of the molecule is Cc1c(-c2cc3cc(NC(=O)OC4CC(C#N)C4)ncc3c(N)c2F)cnc2c1NCCO2. The number of carbonyl (C=O) groups is 1. The van der Waals surface area contributed by atoms with Gasteiger partial charge in [0.1, 0.15) is 24.2 Å². The minimum Gasteiger partial charge on any atom is -0.474 e. The number of aromatic nitrogens is 2. The van der Waals surface area contributed by atoms with Crippen LogP contribution in [0.3, 0.4) is 0 Å². The molecule has 10 heteroatoms. The van der Waals surface area contributed by atoms with E-state index in [0.717, 1.165) is 11.3 Å². The first-order valence-electron chi connectivity index (χ1n) is 10.6. The van der Waals surface area contributed by atoms with Gasteiger partial charge in [-0.25, -0.2) is 19.2 Å². The van der Waals surface area contributed by atoms with E-state index >= 15 is 4.39 Å². The Kier molecular flexibility index (Phi) is 5.09. The number of benzene rings is 1. The van der Waals surface area contributed by atoms with Gasteiger partial charge in [-0.15, -0.1) is 0 Å². The molecule has 5 rings (SSSR count). The van der Waals surface area contributed by atoms with Crippen LogP contribution in [0.1, 0.15) is 18.4 Å². The number of nitrogens with zero attached hydrogens (tertiary/aromatic N) is 3. The summed E-state index contributed by atoms with van der Waals surface area (Å²) in [5.41, 5.74) is 8.46. The van der Waals surface area contributed by atoms with Gasteiger partial charge in [0.25, 0.3) is 0 Å². The minimum absolute atomic E-state index is 0.0394. The Hall–Kier alpha value is -4.13. The van der Waals surface area contributed by atoms with E-state index in [9.17, 15) is 4.79 Å². The molecule has 2 aromatic heterocycles. The van der Waals surface area contributed by atoms with Gasteiger partial charge in [-0.05, 0) is 30.0 Å². The smallest absolute Gasteiger partial charge is 0.413 e. The number of anilines is 3. The van der Waals surface area contributed by atoms with Gasteiger partial charge < -0.3 is 20.5 Å². The molecule has 0 bridgehead atoms. The third kappa shape index (κ3) is 3.71. The van der Waals surface area contributed by atoms with Crippen LogP contribution in [0.15, 0.2) is 24.5 Å². The number of nitrogen functional groups attached to an aromatic ring is 1. The lowest BCUT2D eigenvalue weighted by molar-refractivity contribution is 0.0418. The Labute approximate surface area is 188 Å². The molecule has 1 aliphatic heterocycles. The lowest BCUT2D eigenvalue weighted by Gasteiger charge is -2.29. The van der Waals surface area contributed by atoms with Crippen molar-refractivity contribution in [2.24, 2.45) is 5.92 Å². The fourth-order valence-electron chi connectivity index (χ4n) is 4.11. The van der Waals surface area contributed by atoms with E-state index in [-0.39, 0.29) is 29.1 Å². The van der Waals surface area contributed by atoms with Crippen LogP contribution in [0.25, 0.3) is 21.9 Å². The Morgan fingerprint density at radius 3 is 2.94 bits per heavy atom. The fourth-order valence-corrected chi connectivity index (χ4v) is 4.11. The van der Waals surface area contributed by atoms with Crippen molar-refractivity contribution in [1.29, 1.82) is 5.26 Å². The molecule has 33 heavy (non-hydrogen) atoms. The van der Waals surface area contributed by atoms with Gasteiger partial charge >= 0.3 is 6.09 Å². The number of hydrogen-bond donors (Lipinski definition) is 3. The highest BCUT2D eigenvalue weighted by Crippen LogP contribution is 2.39. The summed E-state index contributed by atoms with van der Waals surface area (Å²) in [4.78, 5) is 20.6. The van der Waals surface area contributed by atoms with E-state index in [1.165, 1.54) is 6.20 Å². The molecular formula is C23H21FN6O3. The van der Waals surface area contributed by atoms with Crippen molar-refractivity contribution in [2.45, 2.75) is 25.9 Å². The maximum absolute atomic E-state index is 15.2. The molecule has 0 radical (unpaired) electrons. The summed E-state index contributed by atoms with van der Waals surface area (Å²) >= 11 is 0. The van der Waals surface area contributed by atoms with Gasteiger partial charge in [0.05, 0.1) is 17.7 Å². The summed E-state index contributed by atoms with van der Waals surface area (Å²) in [5.74, 6) is 0.0959. The first-order valence-corrected chi connectivity index (χ1v) is 10.6. The molecule has 168 valence electrons. The third-order valence-electron chi connectivity index (χ3n) is 6.02. The molecule has 1 amide bonds. The predicted octanol–water partition coefficient (Wildman–Crippen LogP) is 3.98. The highest BCUT2D eigenvalue weighted by molar-refractivity contribution is 5.99. The summed E-state index contributed by atoms with van der Waals surface area (Å²) in [6, 6.07) is 5.41. The fraction of sp³-hybridized carbons (Fsp3) is 0.304. The lowest BCUT2D eigenvalue weighted by Crippen LogP contribution is -2.34. The van der Waals surface area contributed by atoms with Gasteiger partial charge in [-0.3, -0.25) is 5.32 Å². The average molecular weight is 448 g/mol. The molecule has 1 aliphatic carbocycles. The quantitative estimate of drug-likeness (QED) is 0.512. The molecule has 1 aromatic carbocycles. The van der Waals surface area contributed by atoms with Crippen LogP contribution >= 0.6 is 0 Å². The summed E-state index contributed by atoms with van der Waals surface area (Å²) in [7, 11) is 0. The van der Waals surface area contributed by atoms with Gasteiger partial charge in [0.2, 0.25) is 5.88 Å². The van der Waals surface area contributed by atoms with Crippen molar-refractivity contribution in [1.82, 2.24) is 9.97 Å². The number of rotatable bonds is 3. The highest BCUT2D eigenvalue weighted by atomic mass is 19.1. The van der Waals surface area contributed by atoms with Crippen LogP contribution in [-0.2, 0) is 4.74 Å². The van der Waals surface area contributed by atoms with Crippen LogP contribution in [0, 0.1) is 30.0 Å². The number of halogens is 1. The van der Waals surface area contributed by atoms with E-state index in [1.54, 1.807) is 18.3 Å². The maximum atomic E-state index is 15.2.